The van der Waals surface area contributed by atoms with Gasteiger partial charge in [0.1, 0.15) is 11.6 Å². The molecule has 0 bridgehead atoms. The van der Waals surface area contributed by atoms with Crippen LogP contribution >= 0.6 is 0 Å². The van der Waals surface area contributed by atoms with Crippen molar-refractivity contribution in [1.29, 1.82) is 0 Å². The van der Waals surface area contributed by atoms with Crippen molar-refractivity contribution >= 4 is 17.5 Å². The lowest BCUT2D eigenvalue weighted by molar-refractivity contribution is -0.138. The second-order valence-corrected chi connectivity index (χ2v) is 6.04. The number of nitrogens with one attached hydrogen (secondary N) is 1. The van der Waals surface area contributed by atoms with Crippen molar-refractivity contribution in [3.05, 3.63) is 24.0 Å². The van der Waals surface area contributed by atoms with Crippen molar-refractivity contribution in [2.45, 2.75) is 57.5 Å². The van der Waals surface area contributed by atoms with Crippen LogP contribution < -0.4 is 10.2 Å². The highest BCUT2D eigenvalue weighted by atomic mass is 16.2. The molecule has 5 nitrogen and oxygen atoms in total. The summed E-state index contributed by atoms with van der Waals surface area (Å²) in [6.45, 7) is 3.88. The summed E-state index contributed by atoms with van der Waals surface area (Å²) in [6, 6.07) is 1.44. The number of pyridine rings is 1. The summed E-state index contributed by atoms with van der Waals surface area (Å²) < 4.78 is 0. The first kappa shape index (κ1) is 14.0. The summed E-state index contributed by atoms with van der Waals surface area (Å²) in [5.41, 5.74) is 1.04. The van der Waals surface area contributed by atoms with Crippen LogP contribution in [-0.2, 0) is 9.59 Å². The lowest BCUT2D eigenvalue weighted by Gasteiger charge is -2.44. The van der Waals surface area contributed by atoms with Gasteiger partial charge in [0.15, 0.2) is 0 Å². The maximum absolute atomic E-state index is 13.1. The van der Waals surface area contributed by atoms with Gasteiger partial charge in [0, 0.05) is 6.20 Å². The van der Waals surface area contributed by atoms with Gasteiger partial charge in [0.25, 0.3) is 5.91 Å². The number of aryl methyl sites for hydroxylation is 1. The van der Waals surface area contributed by atoms with Gasteiger partial charge in [-0.2, -0.15) is 0 Å². The topological polar surface area (TPSA) is 62.3 Å². The van der Waals surface area contributed by atoms with Gasteiger partial charge in [-0.3, -0.25) is 19.5 Å². The van der Waals surface area contributed by atoms with Gasteiger partial charge in [0.2, 0.25) is 5.91 Å². The minimum absolute atomic E-state index is 0.0301. The highest BCUT2D eigenvalue weighted by molar-refractivity contribution is 6.11. The fourth-order valence-corrected chi connectivity index (χ4v) is 3.53. The van der Waals surface area contributed by atoms with E-state index in [-0.39, 0.29) is 11.8 Å². The molecule has 1 saturated carbocycles. The lowest BCUT2D eigenvalue weighted by atomic mass is 9.89. The number of amides is 2. The standard InChI is InChI=1S/C16H21N3O2/c1-3-12-14(20)18-16(7-4-5-8-16)15(21)19(12)13-10-17-9-6-11(13)2/h6,9-10,12H,3-5,7-8H2,1-2H3,(H,18,20). The molecule has 1 aromatic heterocycles. The van der Waals surface area contributed by atoms with Gasteiger partial charge < -0.3 is 5.32 Å². The van der Waals surface area contributed by atoms with E-state index in [1.165, 1.54) is 0 Å². The van der Waals surface area contributed by atoms with Crippen LogP contribution in [0.3, 0.4) is 0 Å². The molecule has 21 heavy (non-hydrogen) atoms. The quantitative estimate of drug-likeness (QED) is 0.904. The van der Waals surface area contributed by atoms with Crippen LogP contribution in [0.1, 0.15) is 44.6 Å². The molecule has 1 unspecified atom stereocenters. The second-order valence-electron chi connectivity index (χ2n) is 6.04. The number of rotatable bonds is 2. The maximum Gasteiger partial charge on any atom is 0.253 e. The SMILES string of the molecule is CCC1C(=O)NC2(CCCC2)C(=O)N1c1cnccc1C. The molecule has 1 aliphatic heterocycles. The van der Waals surface area contributed by atoms with Crippen molar-refractivity contribution in [2.75, 3.05) is 4.90 Å². The normalized spacial score (nSPS) is 24.5. The number of carbonyl (C=O) groups excluding carboxylic acids is 2. The van der Waals surface area contributed by atoms with Crippen LogP contribution in [-0.4, -0.2) is 28.4 Å². The van der Waals surface area contributed by atoms with Gasteiger partial charge in [-0.05, 0) is 37.8 Å². The summed E-state index contributed by atoms with van der Waals surface area (Å²) in [5, 5.41) is 3.01. The van der Waals surface area contributed by atoms with Gasteiger partial charge in [-0.15, -0.1) is 0 Å². The van der Waals surface area contributed by atoms with Crippen molar-refractivity contribution in [1.82, 2.24) is 10.3 Å². The zero-order valence-corrected chi connectivity index (χ0v) is 12.6. The van der Waals surface area contributed by atoms with Crippen LogP contribution in [0, 0.1) is 6.92 Å². The third kappa shape index (κ3) is 2.11. The van der Waals surface area contributed by atoms with E-state index in [2.05, 4.69) is 10.3 Å². The van der Waals surface area contributed by atoms with Crippen molar-refractivity contribution in [3.8, 4) is 0 Å². The lowest BCUT2D eigenvalue weighted by Crippen LogP contribution is -2.69. The Bertz CT molecular complexity index is 579. The number of anilines is 1. The van der Waals surface area contributed by atoms with Crippen LogP contribution in [0.4, 0.5) is 5.69 Å². The van der Waals surface area contributed by atoms with Crippen molar-refractivity contribution in [2.24, 2.45) is 0 Å². The Morgan fingerprint density at radius 1 is 1.38 bits per heavy atom. The fourth-order valence-electron chi connectivity index (χ4n) is 3.53. The minimum Gasteiger partial charge on any atom is -0.340 e. The molecule has 1 spiro atoms. The summed E-state index contributed by atoms with van der Waals surface area (Å²) >= 11 is 0. The Morgan fingerprint density at radius 2 is 2.10 bits per heavy atom. The van der Waals surface area contributed by atoms with Gasteiger partial charge in [-0.25, -0.2) is 0 Å². The highest BCUT2D eigenvalue weighted by Crippen LogP contribution is 2.37. The number of hydrogen-bond donors (Lipinski definition) is 1. The molecule has 2 amide bonds. The van der Waals surface area contributed by atoms with E-state index < -0.39 is 11.6 Å². The Balaban J connectivity index is 2.07. The summed E-state index contributed by atoms with van der Waals surface area (Å²) in [5.74, 6) is -0.00944. The molecule has 112 valence electrons. The number of aromatic nitrogens is 1. The number of carbonyl (C=O) groups is 2. The highest BCUT2D eigenvalue weighted by Gasteiger charge is 2.52. The molecular formula is C16H21N3O2. The van der Waals surface area contributed by atoms with Crippen LogP contribution in [0.2, 0.25) is 0 Å². The molecule has 2 heterocycles. The van der Waals surface area contributed by atoms with Gasteiger partial charge >= 0.3 is 0 Å². The first-order valence-corrected chi connectivity index (χ1v) is 7.65. The molecule has 0 radical (unpaired) electrons. The average molecular weight is 287 g/mol. The molecule has 1 aromatic rings. The zero-order valence-electron chi connectivity index (χ0n) is 12.6. The fraction of sp³-hybridized carbons (Fsp3) is 0.562. The van der Waals surface area contributed by atoms with E-state index in [1.807, 2.05) is 19.9 Å². The number of hydrogen-bond acceptors (Lipinski definition) is 3. The predicted octanol–water partition coefficient (Wildman–Crippen LogP) is 1.94. The maximum atomic E-state index is 13.1. The molecule has 2 aliphatic rings. The van der Waals surface area contributed by atoms with E-state index in [1.54, 1.807) is 17.3 Å². The Labute approximate surface area is 124 Å². The molecule has 2 fully saturated rings. The summed E-state index contributed by atoms with van der Waals surface area (Å²) in [6.07, 6.45) is 7.46. The largest absolute Gasteiger partial charge is 0.340 e. The van der Waals surface area contributed by atoms with Crippen LogP contribution in [0.5, 0.6) is 0 Å². The smallest absolute Gasteiger partial charge is 0.253 e. The third-order valence-electron chi connectivity index (χ3n) is 4.72. The number of piperazine rings is 1. The van der Waals surface area contributed by atoms with E-state index in [0.717, 1.165) is 36.9 Å². The Hall–Kier alpha value is -1.91. The Morgan fingerprint density at radius 3 is 2.71 bits per heavy atom. The van der Waals surface area contributed by atoms with E-state index in [9.17, 15) is 9.59 Å². The average Bonchev–Trinajstić information content (AvgIpc) is 2.93. The zero-order chi connectivity index (χ0) is 15.0. The monoisotopic (exact) mass is 287 g/mol. The van der Waals surface area contributed by atoms with E-state index in [0.29, 0.717) is 6.42 Å². The predicted molar refractivity (Wildman–Crippen MR) is 79.9 cm³/mol. The molecule has 0 aromatic carbocycles. The minimum atomic E-state index is -0.689. The van der Waals surface area contributed by atoms with Crippen LogP contribution in [0.25, 0.3) is 0 Å². The molecule has 3 rings (SSSR count). The molecule has 1 N–H and O–H groups in total. The van der Waals surface area contributed by atoms with Crippen LogP contribution in [0.15, 0.2) is 18.5 Å². The van der Waals surface area contributed by atoms with Gasteiger partial charge in [-0.1, -0.05) is 19.8 Å². The molecule has 1 aliphatic carbocycles. The molecule has 1 atom stereocenters. The third-order valence-corrected chi connectivity index (χ3v) is 4.72. The summed E-state index contributed by atoms with van der Waals surface area (Å²) in [4.78, 5) is 31.4. The Kier molecular flexibility index (Phi) is 3.43. The molecule has 5 heteroatoms. The van der Waals surface area contributed by atoms with Crippen molar-refractivity contribution in [3.63, 3.8) is 0 Å². The first-order valence-electron chi connectivity index (χ1n) is 7.65. The number of nitrogens with zero attached hydrogens (tertiary/aromatic N) is 2. The van der Waals surface area contributed by atoms with Crippen molar-refractivity contribution < 1.29 is 9.59 Å². The summed E-state index contributed by atoms with van der Waals surface area (Å²) in [7, 11) is 0. The first-order chi connectivity index (χ1) is 10.1. The van der Waals surface area contributed by atoms with Gasteiger partial charge in [0.05, 0.1) is 11.9 Å². The van der Waals surface area contributed by atoms with E-state index >= 15 is 0 Å². The van der Waals surface area contributed by atoms with E-state index in [4.69, 9.17) is 0 Å². The second kappa shape index (κ2) is 5.13. The molecular weight excluding hydrogens is 266 g/mol. The molecule has 1 saturated heterocycles.